The highest BCUT2D eigenvalue weighted by Crippen LogP contribution is 2.04. The van der Waals surface area contributed by atoms with Crippen molar-refractivity contribution in [2.45, 2.75) is 26.3 Å². The number of aromatic nitrogens is 1. The van der Waals surface area contributed by atoms with Crippen molar-refractivity contribution in [2.24, 2.45) is 0 Å². The summed E-state index contributed by atoms with van der Waals surface area (Å²) >= 11 is 1.48. The topological polar surface area (TPSA) is 68.3 Å². The van der Waals surface area contributed by atoms with Crippen LogP contribution in [0.1, 0.15) is 24.6 Å². The second kappa shape index (κ2) is 6.95. The first-order valence-electron chi connectivity index (χ1n) is 5.02. The maximum atomic E-state index is 11.3. The average Bonchev–Trinajstić information content (AvgIpc) is 2.77. The summed E-state index contributed by atoms with van der Waals surface area (Å²) in [4.78, 5) is 27.2. The Hall–Kier alpha value is -1.43. The molecule has 0 aromatic carbocycles. The summed E-state index contributed by atoms with van der Waals surface area (Å²) in [6.45, 7) is 2.55. The summed E-state index contributed by atoms with van der Waals surface area (Å²) in [5.74, 6) is -0.489. The van der Waals surface area contributed by atoms with Crippen LogP contribution in [-0.2, 0) is 20.9 Å². The highest BCUT2D eigenvalue weighted by molar-refractivity contribution is 7.09. The number of carbonyl (C=O) groups excluding carboxylic acids is 2. The predicted molar refractivity (Wildman–Crippen MR) is 59.8 cm³/mol. The Labute approximate surface area is 97.8 Å². The van der Waals surface area contributed by atoms with Crippen LogP contribution in [0.25, 0.3) is 0 Å². The van der Waals surface area contributed by atoms with Gasteiger partial charge in [-0.3, -0.25) is 14.6 Å². The monoisotopic (exact) mass is 242 g/mol. The standard InChI is InChI=1S/C10H14N2O3S/c1-2-15-10(14)4-3-9(13)12-6-8-5-11-7-16-8/h5,7H,2-4,6H2,1H3,(H,12,13). The SMILES string of the molecule is CCOC(=O)CCC(=O)NCc1cncs1. The molecule has 1 aromatic rings. The molecule has 0 saturated heterocycles. The summed E-state index contributed by atoms with van der Waals surface area (Å²) in [6, 6.07) is 0. The Kier molecular flexibility index (Phi) is 5.49. The Balaban J connectivity index is 2.14. The lowest BCUT2D eigenvalue weighted by atomic mass is 10.3. The maximum Gasteiger partial charge on any atom is 0.306 e. The van der Waals surface area contributed by atoms with Crippen molar-refractivity contribution in [3.63, 3.8) is 0 Å². The van der Waals surface area contributed by atoms with Crippen LogP contribution in [0.15, 0.2) is 11.7 Å². The number of thiazole rings is 1. The first kappa shape index (κ1) is 12.6. The number of rotatable bonds is 6. The molecule has 0 bridgehead atoms. The highest BCUT2D eigenvalue weighted by Gasteiger charge is 2.07. The lowest BCUT2D eigenvalue weighted by Gasteiger charge is -2.03. The van der Waals surface area contributed by atoms with E-state index in [1.807, 2.05) is 0 Å². The van der Waals surface area contributed by atoms with Crippen LogP contribution in [0, 0.1) is 0 Å². The Morgan fingerprint density at radius 2 is 2.31 bits per heavy atom. The lowest BCUT2D eigenvalue weighted by molar-refractivity contribution is -0.144. The number of hydrogen-bond acceptors (Lipinski definition) is 5. The van der Waals surface area contributed by atoms with Gasteiger partial charge in [-0.15, -0.1) is 11.3 Å². The summed E-state index contributed by atoms with van der Waals surface area (Å²) in [7, 11) is 0. The van der Waals surface area contributed by atoms with Gasteiger partial charge >= 0.3 is 5.97 Å². The molecule has 0 unspecified atom stereocenters. The van der Waals surface area contributed by atoms with Crippen LogP contribution in [0.5, 0.6) is 0 Å². The molecule has 0 aliphatic carbocycles. The lowest BCUT2D eigenvalue weighted by Crippen LogP contribution is -2.23. The van der Waals surface area contributed by atoms with Gasteiger partial charge < -0.3 is 10.1 Å². The Morgan fingerprint density at radius 3 is 2.94 bits per heavy atom. The van der Waals surface area contributed by atoms with E-state index < -0.39 is 0 Å². The molecule has 1 heterocycles. The highest BCUT2D eigenvalue weighted by atomic mass is 32.1. The molecule has 1 rings (SSSR count). The number of nitrogens with one attached hydrogen (secondary N) is 1. The molecule has 1 amide bonds. The fourth-order valence-electron chi connectivity index (χ4n) is 1.05. The first-order valence-corrected chi connectivity index (χ1v) is 5.90. The van der Waals surface area contributed by atoms with E-state index in [-0.39, 0.29) is 24.7 Å². The zero-order valence-corrected chi connectivity index (χ0v) is 9.88. The van der Waals surface area contributed by atoms with E-state index in [4.69, 9.17) is 4.74 Å². The van der Waals surface area contributed by atoms with Crippen molar-refractivity contribution in [2.75, 3.05) is 6.61 Å². The van der Waals surface area contributed by atoms with E-state index in [1.165, 1.54) is 11.3 Å². The van der Waals surface area contributed by atoms with Crippen molar-refractivity contribution in [3.05, 3.63) is 16.6 Å². The third-order valence-corrected chi connectivity index (χ3v) is 2.58. The fraction of sp³-hybridized carbons (Fsp3) is 0.500. The third kappa shape index (κ3) is 4.88. The van der Waals surface area contributed by atoms with Crippen molar-refractivity contribution < 1.29 is 14.3 Å². The molecule has 1 N–H and O–H groups in total. The van der Waals surface area contributed by atoms with Gasteiger partial charge in [0.05, 0.1) is 25.1 Å². The molecular weight excluding hydrogens is 228 g/mol. The minimum Gasteiger partial charge on any atom is -0.466 e. The van der Waals surface area contributed by atoms with E-state index >= 15 is 0 Å². The molecule has 0 spiro atoms. The normalized spacial score (nSPS) is 9.81. The van der Waals surface area contributed by atoms with E-state index in [9.17, 15) is 9.59 Å². The van der Waals surface area contributed by atoms with E-state index in [0.29, 0.717) is 13.2 Å². The van der Waals surface area contributed by atoms with Gasteiger partial charge in [0.25, 0.3) is 0 Å². The average molecular weight is 242 g/mol. The zero-order chi connectivity index (χ0) is 11.8. The van der Waals surface area contributed by atoms with Crippen LogP contribution in [0.3, 0.4) is 0 Å². The minimum absolute atomic E-state index is 0.127. The molecule has 1 aromatic heterocycles. The van der Waals surface area contributed by atoms with Crippen LogP contribution in [0.4, 0.5) is 0 Å². The van der Waals surface area contributed by atoms with Crippen molar-refractivity contribution >= 4 is 23.2 Å². The van der Waals surface area contributed by atoms with E-state index in [1.54, 1.807) is 18.6 Å². The first-order chi connectivity index (χ1) is 7.72. The summed E-state index contributed by atoms with van der Waals surface area (Å²) < 4.78 is 4.72. The maximum absolute atomic E-state index is 11.3. The second-order valence-corrected chi connectivity index (χ2v) is 4.02. The smallest absolute Gasteiger partial charge is 0.306 e. The summed E-state index contributed by atoms with van der Waals surface area (Å²) in [5, 5.41) is 2.71. The zero-order valence-electron chi connectivity index (χ0n) is 9.06. The fourth-order valence-corrected chi connectivity index (χ4v) is 1.59. The van der Waals surface area contributed by atoms with Crippen LogP contribution in [-0.4, -0.2) is 23.5 Å². The van der Waals surface area contributed by atoms with Gasteiger partial charge in [-0.05, 0) is 6.92 Å². The second-order valence-electron chi connectivity index (χ2n) is 3.05. The van der Waals surface area contributed by atoms with Gasteiger partial charge in [-0.1, -0.05) is 0 Å². The largest absolute Gasteiger partial charge is 0.466 e. The van der Waals surface area contributed by atoms with Crippen molar-refractivity contribution in [1.82, 2.24) is 10.3 Å². The molecule has 0 fully saturated rings. The van der Waals surface area contributed by atoms with Gasteiger partial charge in [-0.25, -0.2) is 0 Å². The number of carbonyl (C=O) groups is 2. The molecule has 5 nitrogen and oxygen atoms in total. The van der Waals surface area contributed by atoms with Crippen LogP contribution < -0.4 is 5.32 Å². The summed E-state index contributed by atoms with van der Waals surface area (Å²) in [6.07, 6.45) is 2.00. The number of ether oxygens (including phenoxy) is 1. The molecule has 6 heteroatoms. The third-order valence-electron chi connectivity index (χ3n) is 1.80. The molecular formula is C10H14N2O3S. The van der Waals surface area contributed by atoms with Gasteiger partial charge in [0.2, 0.25) is 5.91 Å². The molecule has 0 aliphatic heterocycles. The van der Waals surface area contributed by atoms with Crippen LogP contribution >= 0.6 is 11.3 Å². The molecule has 0 atom stereocenters. The molecule has 88 valence electrons. The van der Waals surface area contributed by atoms with E-state index in [2.05, 4.69) is 10.3 Å². The Bertz CT molecular complexity index is 338. The molecule has 0 aliphatic rings. The predicted octanol–water partition coefficient (Wildman–Crippen LogP) is 1.10. The molecule has 16 heavy (non-hydrogen) atoms. The number of esters is 1. The molecule has 0 radical (unpaired) electrons. The van der Waals surface area contributed by atoms with E-state index in [0.717, 1.165) is 4.88 Å². The van der Waals surface area contributed by atoms with Crippen molar-refractivity contribution in [3.8, 4) is 0 Å². The quantitative estimate of drug-likeness (QED) is 0.758. The molecule has 0 saturated carbocycles. The minimum atomic E-state index is -0.338. The van der Waals surface area contributed by atoms with Gasteiger partial charge in [0, 0.05) is 17.5 Å². The number of hydrogen-bond donors (Lipinski definition) is 1. The van der Waals surface area contributed by atoms with Crippen LogP contribution in [0.2, 0.25) is 0 Å². The number of amides is 1. The van der Waals surface area contributed by atoms with Crippen molar-refractivity contribution in [1.29, 1.82) is 0 Å². The van der Waals surface area contributed by atoms with Gasteiger partial charge in [-0.2, -0.15) is 0 Å². The summed E-state index contributed by atoms with van der Waals surface area (Å²) in [5.41, 5.74) is 1.71. The van der Waals surface area contributed by atoms with Gasteiger partial charge in [0.15, 0.2) is 0 Å². The van der Waals surface area contributed by atoms with Gasteiger partial charge in [0.1, 0.15) is 0 Å². The Morgan fingerprint density at radius 1 is 1.50 bits per heavy atom. The number of nitrogens with zero attached hydrogens (tertiary/aromatic N) is 1.